The number of anilines is 1. The standard InChI is InChI=1S/C31H37FN6O.2ClH/c1-21-15-37(26(14-34-21)17-36-16-24-5-4-10-33-27(24)18-36)19-29(39)38-20-31(2,3)30-28(38)12-23(13-35-30)11-22-6-8-25(32)9-7-22;;/h4-10,12-13,21,26,34H,11,14-20H2,1-3H3;2*1H/t21-,26-;;/m1../s1. The Kier molecular flexibility index (Phi) is 9.71. The molecular formula is C31H39Cl2FN6O. The molecule has 220 valence electrons. The summed E-state index contributed by atoms with van der Waals surface area (Å²) in [4.78, 5) is 30.0. The molecule has 0 aliphatic carbocycles. The minimum absolute atomic E-state index is 0. The van der Waals surface area contributed by atoms with Crippen molar-refractivity contribution < 1.29 is 9.18 Å². The zero-order valence-electron chi connectivity index (χ0n) is 23.8. The number of pyridine rings is 2. The molecule has 1 amide bonds. The van der Waals surface area contributed by atoms with E-state index in [2.05, 4.69) is 53.0 Å². The number of piperazine rings is 1. The zero-order chi connectivity index (χ0) is 27.1. The van der Waals surface area contributed by atoms with Crippen LogP contribution in [0.2, 0.25) is 0 Å². The molecule has 0 radical (unpaired) electrons. The molecule has 1 N–H and O–H groups in total. The van der Waals surface area contributed by atoms with Gasteiger partial charge in [-0.3, -0.25) is 24.6 Å². The molecule has 1 saturated heterocycles. The van der Waals surface area contributed by atoms with Gasteiger partial charge in [-0.15, -0.1) is 24.8 Å². The van der Waals surface area contributed by atoms with E-state index in [1.54, 1.807) is 12.1 Å². The van der Waals surface area contributed by atoms with Gasteiger partial charge in [-0.25, -0.2) is 4.39 Å². The molecule has 6 rings (SSSR count). The molecule has 7 nitrogen and oxygen atoms in total. The average Bonchev–Trinajstić information content (AvgIpc) is 3.44. The van der Waals surface area contributed by atoms with Gasteiger partial charge in [0.15, 0.2) is 0 Å². The molecule has 0 bridgehead atoms. The molecule has 0 spiro atoms. The fourth-order valence-corrected chi connectivity index (χ4v) is 6.29. The van der Waals surface area contributed by atoms with Gasteiger partial charge in [0.2, 0.25) is 5.91 Å². The van der Waals surface area contributed by atoms with Crippen molar-refractivity contribution in [2.24, 2.45) is 0 Å². The van der Waals surface area contributed by atoms with Gasteiger partial charge >= 0.3 is 0 Å². The largest absolute Gasteiger partial charge is 0.311 e. The maximum absolute atomic E-state index is 13.9. The molecule has 3 aromatic rings. The van der Waals surface area contributed by atoms with E-state index in [0.29, 0.717) is 25.6 Å². The molecule has 0 unspecified atom stereocenters. The normalized spacial score (nSPS) is 21.5. The third-order valence-corrected chi connectivity index (χ3v) is 8.32. The monoisotopic (exact) mass is 600 g/mol. The first-order valence-corrected chi connectivity index (χ1v) is 13.9. The van der Waals surface area contributed by atoms with Crippen LogP contribution in [-0.4, -0.2) is 70.5 Å². The van der Waals surface area contributed by atoms with Crippen LogP contribution < -0.4 is 10.2 Å². The number of halogens is 3. The molecule has 1 fully saturated rings. The van der Waals surface area contributed by atoms with E-state index < -0.39 is 0 Å². The summed E-state index contributed by atoms with van der Waals surface area (Å²) in [6.07, 6.45) is 4.41. The summed E-state index contributed by atoms with van der Waals surface area (Å²) < 4.78 is 13.4. The number of fused-ring (bicyclic) bond motifs is 2. The second-order valence-electron chi connectivity index (χ2n) is 12.0. The lowest BCUT2D eigenvalue weighted by atomic mass is 9.91. The first-order chi connectivity index (χ1) is 18.7. The molecule has 41 heavy (non-hydrogen) atoms. The van der Waals surface area contributed by atoms with Crippen LogP contribution in [0.25, 0.3) is 0 Å². The third kappa shape index (κ3) is 6.73. The molecule has 2 aromatic heterocycles. The number of hydrogen-bond acceptors (Lipinski definition) is 6. The summed E-state index contributed by atoms with van der Waals surface area (Å²) in [5.74, 6) is -0.121. The minimum atomic E-state index is -0.240. The summed E-state index contributed by atoms with van der Waals surface area (Å²) in [7, 11) is 0. The van der Waals surface area contributed by atoms with E-state index in [1.807, 2.05) is 23.4 Å². The first kappa shape index (κ1) is 31.3. The Bertz CT molecular complexity index is 1350. The zero-order valence-corrected chi connectivity index (χ0v) is 25.5. The lowest BCUT2D eigenvalue weighted by Gasteiger charge is -2.41. The van der Waals surface area contributed by atoms with E-state index >= 15 is 0 Å². The smallest absolute Gasteiger partial charge is 0.241 e. The average molecular weight is 602 g/mol. The van der Waals surface area contributed by atoms with Gasteiger partial charge < -0.3 is 10.2 Å². The van der Waals surface area contributed by atoms with Crippen molar-refractivity contribution in [3.8, 4) is 0 Å². The quantitative estimate of drug-likeness (QED) is 0.454. The van der Waals surface area contributed by atoms with Crippen molar-refractivity contribution in [3.05, 3.63) is 88.8 Å². The number of carbonyl (C=O) groups excluding carboxylic acids is 1. The highest BCUT2D eigenvalue weighted by atomic mass is 35.5. The molecule has 3 aliphatic heterocycles. The highest BCUT2D eigenvalue weighted by molar-refractivity contribution is 5.97. The Morgan fingerprint density at radius 2 is 1.88 bits per heavy atom. The number of hydrogen-bond donors (Lipinski definition) is 1. The second-order valence-corrected chi connectivity index (χ2v) is 12.0. The van der Waals surface area contributed by atoms with E-state index in [1.165, 1.54) is 17.7 Å². The maximum Gasteiger partial charge on any atom is 0.241 e. The predicted octanol–water partition coefficient (Wildman–Crippen LogP) is 4.35. The number of aromatic nitrogens is 2. The van der Waals surface area contributed by atoms with Gasteiger partial charge in [0.05, 0.1) is 23.6 Å². The van der Waals surface area contributed by atoms with E-state index in [0.717, 1.165) is 60.9 Å². The Balaban J connectivity index is 0.00000194. The Morgan fingerprint density at radius 1 is 1.10 bits per heavy atom. The molecule has 0 saturated carbocycles. The molecule has 3 aliphatic rings. The second kappa shape index (κ2) is 12.7. The molecule has 1 aromatic carbocycles. The van der Waals surface area contributed by atoms with Gasteiger partial charge in [0, 0.05) is 69.2 Å². The van der Waals surface area contributed by atoms with Crippen LogP contribution >= 0.6 is 24.8 Å². The fraction of sp³-hybridized carbons (Fsp3) is 0.452. The Hall–Kier alpha value is -2.62. The van der Waals surface area contributed by atoms with Crippen LogP contribution in [0.3, 0.4) is 0 Å². The van der Waals surface area contributed by atoms with Gasteiger partial charge in [-0.05, 0) is 54.3 Å². The molecule has 10 heteroatoms. The summed E-state index contributed by atoms with van der Waals surface area (Å²) in [5.41, 5.74) is 6.16. The van der Waals surface area contributed by atoms with Gasteiger partial charge in [-0.2, -0.15) is 0 Å². The van der Waals surface area contributed by atoms with Crippen LogP contribution in [-0.2, 0) is 29.7 Å². The number of nitrogens with zero attached hydrogens (tertiary/aromatic N) is 5. The van der Waals surface area contributed by atoms with Crippen molar-refractivity contribution in [1.82, 2.24) is 25.1 Å². The van der Waals surface area contributed by atoms with Crippen molar-refractivity contribution in [3.63, 3.8) is 0 Å². The van der Waals surface area contributed by atoms with E-state index in [9.17, 15) is 9.18 Å². The van der Waals surface area contributed by atoms with Gasteiger partial charge in [-0.1, -0.05) is 32.0 Å². The van der Waals surface area contributed by atoms with Crippen molar-refractivity contribution in [2.45, 2.75) is 57.8 Å². The molecule has 2 atom stereocenters. The van der Waals surface area contributed by atoms with Crippen molar-refractivity contribution >= 4 is 36.4 Å². The summed E-state index contributed by atoms with van der Waals surface area (Å²) in [6, 6.07) is 13.4. The van der Waals surface area contributed by atoms with Crippen LogP contribution in [0.5, 0.6) is 0 Å². The summed E-state index contributed by atoms with van der Waals surface area (Å²) >= 11 is 0. The third-order valence-electron chi connectivity index (χ3n) is 8.32. The maximum atomic E-state index is 13.9. The minimum Gasteiger partial charge on any atom is -0.311 e. The molecular weight excluding hydrogens is 562 g/mol. The number of nitrogens with one attached hydrogen (secondary N) is 1. The summed E-state index contributed by atoms with van der Waals surface area (Å²) in [5, 5.41) is 3.62. The molecule has 5 heterocycles. The van der Waals surface area contributed by atoms with Crippen LogP contribution in [0.4, 0.5) is 10.1 Å². The summed E-state index contributed by atoms with van der Waals surface area (Å²) in [6.45, 7) is 11.9. The highest BCUT2D eigenvalue weighted by Gasteiger charge is 2.41. The number of benzene rings is 1. The number of carbonyl (C=O) groups is 1. The Morgan fingerprint density at radius 3 is 2.63 bits per heavy atom. The van der Waals surface area contributed by atoms with E-state index in [4.69, 9.17) is 4.98 Å². The topological polar surface area (TPSA) is 64.6 Å². The van der Waals surface area contributed by atoms with Crippen LogP contribution in [0.1, 0.15) is 48.8 Å². The number of rotatable bonds is 6. The van der Waals surface area contributed by atoms with Crippen molar-refractivity contribution in [1.29, 1.82) is 0 Å². The SMILES string of the molecule is C[C@@H]1CN(CC(=O)N2CC(C)(C)c3ncc(Cc4ccc(F)cc4)cc32)[C@@H](CN2Cc3cccnc3C2)CN1.Cl.Cl. The lowest BCUT2D eigenvalue weighted by Crippen LogP contribution is -2.60. The van der Waals surface area contributed by atoms with Gasteiger partial charge in [0.25, 0.3) is 0 Å². The van der Waals surface area contributed by atoms with Crippen LogP contribution in [0.15, 0.2) is 54.9 Å². The highest BCUT2D eigenvalue weighted by Crippen LogP contribution is 2.40. The van der Waals surface area contributed by atoms with Crippen molar-refractivity contribution in [2.75, 3.05) is 37.6 Å². The lowest BCUT2D eigenvalue weighted by molar-refractivity contribution is -0.120. The first-order valence-electron chi connectivity index (χ1n) is 13.9. The predicted molar refractivity (Wildman–Crippen MR) is 164 cm³/mol. The number of amides is 1. The van der Waals surface area contributed by atoms with E-state index in [-0.39, 0.29) is 48.0 Å². The fourth-order valence-electron chi connectivity index (χ4n) is 6.29. The van der Waals surface area contributed by atoms with Crippen LogP contribution in [0, 0.1) is 5.82 Å². The Labute approximate surface area is 254 Å². The van der Waals surface area contributed by atoms with Gasteiger partial charge in [0.1, 0.15) is 5.82 Å².